The van der Waals surface area contributed by atoms with Gasteiger partial charge >= 0.3 is 0 Å². The van der Waals surface area contributed by atoms with Crippen molar-refractivity contribution in [1.82, 2.24) is 0 Å². The van der Waals surface area contributed by atoms with Crippen LogP contribution in [0.1, 0.15) is 20.8 Å². The fourth-order valence-electron chi connectivity index (χ4n) is 1.62. The van der Waals surface area contributed by atoms with Crippen molar-refractivity contribution in [3.63, 3.8) is 0 Å². The van der Waals surface area contributed by atoms with Crippen molar-refractivity contribution in [3.05, 3.63) is 0 Å². The average molecular weight is 268 g/mol. The number of hydrogen-bond donors (Lipinski definition) is 1. The molecule has 86 valence electrons. The van der Waals surface area contributed by atoms with Crippen molar-refractivity contribution in [2.45, 2.75) is 26.6 Å². The van der Waals surface area contributed by atoms with E-state index in [2.05, 4.69) is 14.1 Å². The third kappa shape index (κ3) is 2.92. The van der Waals surface area contributed by atoms with Crippen molar-refractivity contribution >= 4 is 0 Å². The smallest absolute Gasteiger partial charge is 0.221 e. The molecule has 1 aliphatic rings. The molecule has 1 saturated heterocycles. The molecular weight excluding hydrogens is 246 g/mol. The number of halogens is 1. The summed E-state index contributed by atoms with van der Waals surface area (Å²) in [6.45, 7) is 8.31. The van der Waals surface area contributed by atoms with Gasteiger partial charge in [0.1, 0.15) is 13.1 Å². The predicted molar refractivity (Wildman–Crippen MR) is 52.2 cm³/mol. The van der Waals surface area contributed by atoms with Gasteiger partial charge in [-0.1, -0.05) is 20.8 Å². The average Bonchev–Trinajstić information content (AvgIpc) is 1.80. The van der Waals surface area contributed by atoms with Crippen molar-refractivity contribution in [1.29, 1.82) is 0 Å². The highest BCUT2D eigenvalue weighted by Crippen LogP contribution is 2.35. The predicted octanol–water partition coefficient (Wildman–Crippen LogP) is -2.17. The Balaban J connectivity index is 0.00000169. The third-order valence-corrected chi connectivity index (χ3v) is 2.85. The number of nitrogens with zero attached hydrogens (tertiary/aromatic N) is 1. The summed E-state index contributed by atoms with van der Waals surface area (Å²) in [5, 5.41) is 10.3. The maximum Gasteiger partial charge on any atom is 0.221 e. The summed E-state index contributed by atoms with van der Waals surface area (Å²) in [6.07, 6.45) is 0. The number of morpholine rings is 1. The first-order valence-electron chi connectivity index (χ1n) is 4.85. The van der Waals surface area contributed by atoms with Crippen molar-refractivity contribution in [2.75, 3.05) is 33.8 Å². The Morgan fingerprint density at radius 1 is 1.29 bits per heavy atom. The fourth-order valence-corrected chi connectivity index (χ4v) is 1.62. The Morgan fingerprint density at radius 3 is 2.07 bits per heavy atom. The molecule has 1 atom stereocenters. The van der Waals surface area contributed by atoms with Crippen LogP contribution in [0.5, 0.6) is 0 Å². The molecule has 0 aliphatic carbocycles. The quantitative estimate of drug-likeness (QED) is 0.507. The van der Waals surface area contributed by atoms with E-state index in [9.17, 15) is 5.11 Å². The van der Waals surface area contributed by atoms with Gasteiger partial charge in [0.15, 0.2) is 0 Å². The zero-order valence-corrected chi connectivity index (χ0v) is 11.4. The zero-order valence-electron chi connectivity index (χ0n) is 9.80. The Morgan fingerprint density at radius 2 is 1.79 bits per heavy atom. The van der Waals surface area contributed by atoms with Crippen LogP contribution in [-0.2, 0) is 4.74 Å². The summed E-state index contributed by atoms with van der Waals surface area (Å²) in [4.78, 5) is 0. The monoisotopic (exact) mass is 267 g/mol. The highest BCUT2D eigenvalue weighted by molar-refractivity contribution is 4.83. The lowest BCUT2D eigenvalue weighted by Crippen LogP contribution is -3.00. The first-order valence-corrected chi connectivity index (χ1v) is 4.85. The minimum absolute atomic E-state index is 0. The zero-order chi connectivity index (χ0) is 10.3. The molecule has 0 aromatic heterocycles. The highest BCUT2D eigenvalue weighted by Gasteiger charge is 2.49. The molecule has 4 heteroatoms. The summed E-state index contributed by atoms with van der Waals surface area (Å²) in [5.74, 6) is -0.977. The Bertz CT molecular complexity index is 201. The maximum atomic E-state index is 10.3. The number of ether oxygens (including phenoxy) is 1. The third-order valence-electron chi connectivity index (χ3n) is 2.85. The molecule has 0 amide bonds. The van der Waals surface area contributed by atoms with Gasteiger partial charge in [0.2, 0.25) is 5.79 Å². The molecule has 1 N–H and O–H groups in total. The van der Waals surface area contributed by atoms with Gasteiger partial charge < -0.3 is 31.3 Å². The number of quaternary nitrogens is 1. The van der Waals surface area contributed by atoms with E-state index in [0.717, 1.165) is 11.0 Å². The highest BCUT2D eigenvalue weighted by atomic mass is 79.9. The molecular formula is C10H22BrNO2. The molecule has 14 heavy (non-hydrogen) atoms. The minimum Gasteiger partial charge on any atom is -1.00 e. The molecule has 1 heterocycles. The van der Waals surface area contributed by atoms with Crippen LogP contribution in [0, 0.1) is 5.41 Å². The second-order valence-corrected chi connectivity index (χ2v) is 5.70. The van der Waals surface area contributed by atoms with Gasteiger partial charge in [-0.2, -0.15) is 0 Å². The first kappa shape index (κ1) is 14.4. The van der Waals surface area contributed by atoms with Crippen LogP contribution >= 0.6 is 0 Å². The van der Waals surface area contributed by atoms with Crippen LogP contribution in [-0.4, -0.2) is 49.2 Å². The Labute approximate surface area is 97.4 Å². The molecule has 0 spiro atoms. The van der Waals surface area contributed by atoms with E-state index in [1.807, 2.05) is 20.8 Å². The number of rotatable bonds is 0. The minimum atomic E-state index is -0.977. The Hall–Kier alpha value is 0.360. The number of aliphatic hydroxyl groups is 1. The molecule has 0 radical (unpaired) electrons. The van der Waals surface area contributed by atoms with E-state index in [-0.39, 0.29) is 22.4 Å². The van der Waals surface area contributed by atoms with Gasteiger partial charge in [0.05, 0.1) is 20.7 Å². The van der Waals surface area contributed by atoms with Crippen LogP contribution in [0.25, 0.3) is 0 Å². The van der Waals surface area contributed by atoms with Crippen molar-refractivity contribution in [3.8, 4) is 0 Å². The molecule has 3 nitrogen and oxygen atoms in total. The van der Waals surface area contributed by atoms with Crippen LogP contribution in [0.3, 0.4) is 0 Å². The number of likely N-dealkylation sites (N-methyl/N-ethyl adjacent to an activating group) is 1. The van der Waals surface area contributed by atoms with Crippen LogP contribution in [0.15, 0.2) is 0 Å². The van der Waals surface area contributed by atoms with Gasteiger partial charge in [-0.25, -0.2) is 0 Å². The summed E-state index contributed by atoms with van der Waals surface area (Å²) in [5.41, 5.74) is -0.219. The van der Waals surface area contributed by atoms with Crippen molar-refractivity contribution < 1.29 is 31.3 Å². The van der Waals surface area contributed by atoms with Gasteiger partial charge in [0.25, 0.3) is 0 Å². The molecule has 1 rings (SSSR count). The van der Waals surface area contributed by atoms with Crippen LogP contribution in [0.4, 0.5) is 0 Å². The normalized spacial score (nSPS) is 32.1. The lowest BCUT2D eigenvalue weighted by molar-refractivity contribution is -0.912. The lowest BCUT2D eigenvalue weighted by atomic mass is 9.84. The molecule has 1 aliphatic heterocycles. The maximum absolute atomic E-state index is 10.3. The van der Waals surface area contributed by atoms with Gasteiger partial charge in [-0.3, -0.25) is 0 Å². The van der Waals surface area contributed by atoms with E-state index in [1.165, 1.54) is 0 Å². The largest absolute Gasteiger partial charge is 1.00 e. The Kier molecular flexibility index (Phi) is 4.19. The van der Waals surface area contributed by atoms with Gasteiger partial charge in [-0.05, 0) is 0 Å². The van der Waals surface area contributed by atoms with Gasteiger partial charge in [-0.15, -0.1) is 0 Å². The first-order chi connectivity index (χ1) is 5.66. The van der Waals surface area contributed by atoms with E-state index < -0.39 is 5.79 Å². The molecule has 0 aromatic carbocycles. The topological polar surface area (TPSA) is 29.5 Å². The molecule has 0 unspecified atom stereocenters. The van der Waals surface area contributed by atoms with Crippen molar-refractivity contribution in [2.24, 2.45) is 5.41 Å². The summed E-state index contributed by atoms with van der Waals surface area (Å²) in [7, 11) is 4.25. The second-order valence-electron chi connectivity index (χ2n) is 5.70. The van der Waals surface area contributed by atoms with Gasteiger partial charge in [0, 0.05) is 5.41 Å². The molecule has 1 fully saturated rings. The molecule has 0 bridgehead atoms. The summed E-state index contributed by atoms with van der Waals surface area (Å²) < 4.78 is 6.33. The fraction of sp³-hybridized carbons (Fsp3) is 1.00. The summed E-state index contributed by atoms with van der Waals surface area (Å²) in [6, 6.07) is 0. The molecule has 0 saturated carbocycles. The van der Waals surface area contributed by atoms with Crippen LogP contribution in [0.2, 0.25) is 0 Å². The van der Waals surface area contributed by atoms with Crippen LogP contribution < -0.4 is 17.0 Å². The standard InChI is InChI=1S/C10H22NO2.BrH/c1-9(2,3)10(12)8-11(4,5)6-7-13-10;/h12H,6-8H2,1-5H3;1H/q+1;/p-1/t10-;/m1./s1. The lowest BCUT2D eigenvalue weighted by Gasteiger charge is -2.48. The van der Waals surface area contributed by atoms with E-state index >= 15 is 0 Å². The van der Waals surface area contributed by atoms with E-state index in [0.29, 0.717) is 13.2 Å². The molecule has 0 aromatic rings. The second kappa shape index (κ2) is 4.08. The summed E-state index contributed by atoms with van der Waals surface area (Å²) >= 11 is 0. The van der Waals surface area contributed by atoms with E-state index in [4.69, 9.17) is 4.74 Å². The SMILES string of the molecule is CC(C)(C)[C@@]1(O)C[N+](C)(C)CCO1.[Br-]. The van der Waals surface area contributed by atoms with E-state index in [1.54, 1.807) is 0 Å². The number of hydrogen-bond acceptors (Lipinski definition) is 2.